The summed E-state index contributed by atoms with van der Waals surface area (Å²) in [5.74, 6) is -0.394. The van der Waals surface area contributed by atoms with Gasteiger partial charge in [-0.15, -0.1) is 0 Å². The number of amides is 1. The largest absolute Gasteiger partial charge is 0.383 e. The van der Waals surface area contributed by atoms with Gasteiger partial charge >= 0.3 is 0 Å². The molecule has 140 valence electrons. The minimum atomic E-state index is -0.390. The van der Waals surface area contributed by atoms with Gasteiger partial charge in [0.2, 0.25) is 5.91 Å². The number of nitrogens with zero attached hydrogens (tertiary/aromatic N) is 3. The summed E-state index contributed by atoms with van der Waals surface area (Å²) < 4.78 is 14.1. The van der Waals surface area contributed by atoms with Crippen molar-refractivity contribution in [3.63, 3.8) is 0 Å². The fourth-order valence-electron chi connectivity index (χ4n) is 3.22. The van der Waals surface area contributed by atoms with Gasteiger partial charge in [0, 0.05) is 50.2 Å². The Hall–Kier alpha value is -3.14. The topological polar surface area (TPSA) is 81.0 Å². The molecule has 1 amide bonds. The SMILES string of the molecule is N#Cc1ccc(N2CCC(C(=O)NCCNc3ccncc3)CC2)c(F)c1. The molecule has 1 aliphatic heterocycles. The van der Waals surface area contributed by atoms with E-state index in [-0.39, 0.29) is 17.6 Å². The summed E-state index contributed by atoms with van der Waals surface area (Å²) in [6.07, 6.45) is 4.79. The summed E-state index contributed by atoms with van der Waals surface area (Å²) >= 11 is 0. The van der Waals surface area contributed by atoms with Crippen LogP contribution in [0.1, 0.15) is 18.4 Å². The van der Waals surface area contributed by atoms with E-state index in [1.54, 1.807) is 24.5 Å². The molecule has 2 aromatic rings. The van der Waals surface area contributed by atoms with E-state index in [4.69, 9.17) is 5.26 Å². The van der Waals surface area contributed by atoms with Crippen LogP contribution in [0.15, 0.2) is 42.7 Å². The summed E-state index contributed by atoms with van der Waals surface area (Å²) in [4.78, 5) is 18.2. The van der Waals surface area contributed by atoms with Gasteiger partial charge in [-0.1, -0.05) is 0 Å². The minimum absolute atomic E-state index is 0.0477. The zero-order chi connectivity index (χ0) is 19.1. The van der Waals surface area contributed by atoms with E-state index in [0.29, 0.717) is 50.3 Å². The third-order valence-corrected chi connectivity index (χ3v) is 4.72. The number of piperidine rings is 1. The van der Waals surface area contributed by atoms with Crippen LogP contribution >= 0.6 is 0 Å². The molecule has 1 aliphatic rings. The molecule has 0 radical (unpaired) electrons. The number of rotatable bonds is 6. The van der Waals surface area contributed by atoms with Crippen molar-refractivity contribution in [2.75, 3.05) is 36.4 Å². The van der Waals surface area contributed by atoms with Gasteiger partial charge in [-0.05, 0) is 43.2 Å². The Morgan fingerprint density at radius 1 is 1.22 bits per heavy atom. The highest BCUT2D eigenvalue weighted by atomic mass is 19.1. The van der Waals surface area contributed by atoms with Crippen LogP contribution in [0.4, 0.5) is 15.8 Å². The van der Waals surface area contributed by atoms with Crippen LogP contribution < -0.4 is 15.5 Å². The average Bonchev–Trinajstić information content (AvgIpc) is 2.72. The van der Waals surface area contributed by atoms with Crippen molar-refractivity contribution in [2.45, 2.75) is 12.8 Å². The summed E-state index contributed by atoms with van der Waals surface area (Å²) in [6, 6.07) is 10.2. The fraction of sp³-hybridized carbons (Fsp3) is 0.350. The van der Waals surface area contributed by atoms with E-state index < -0.39 is 0 Å². The van der Waals surface area contributed by atoms with Crippen molar-refractivity contribution in [2.24, 2.45) is 5.92 Å². The smallest absolute Gasteiger partial charge is 0.223 e. The van der Waals surface area contributed by atoms with Crippen LogP contribution in [0, 0.1) is 23.1 Å². The molecular formula is C20H22FN5O. The van der Waals surface area contributed by atoms with E-state index in [1.165, 1.54) is 6.07 Å². The van der Waals surface area contributed by atoms with Gasteiger partial charge in [-0.3, -0.25) is 9.78 Å². The normalized spacial score (nSPS) is 14.4. The first-order chi connectivity index (χ1) is 13.2. The number of hydrogen-bond donors (Lipinski definition) is 2. The van der Waals surface area contributed by atoms with Crippen molar-refractivity contribution in [1.82, 2.24) is 10.3 Å². The Morgan fingerprint density at radius 3 is 2.63 bits per heavy atom. The van der Waals surface area contributed by atoms with E-state index >= 15 is 0 Å². The zero-order valence-electron chi connectivity index (χ0n) is 15.0. The number of hydrogen-bond acceptors (Lipinski definition) is 5. The molecule has 1 fully saturated rings. The highest BCUT2D eigenvalue weighted by Crippen LogP contribution is 2.26. The standard InChI is InChI=1S/C20H22FN5O/c21-18-13-15(14-22)1-2-19(18)26-11-5-16(6-12-26)20(27)25-10-9-24-17-3-7-23-8-4-17/h1-4,7-8,13,16H,5-6,9-12H2,(H,23,24)(H,25,27). The molecule has 0 bridgehead atoms. The first-order valence-electron chi connectivity index (χ1n) is 9.03. The van der Waals surface area contributed by atoms with Crippen LogP contribution in [0.2, 0.25) is 0 Å². The molecule has 0 aliphatic carbocycles. The fourth-order valence-corrected chi connectivity index (χ4v) is 3.22. The molecule has 0 saturated carbocycles. The quantitative estimate of drug-likeness (QED) is 0.767. The van der Waals surface area contributed by atoms with Crippen LogP contribution in [-0.4, -0.2) is 37.1 Å². The Morgan fingerprint density at radius 2 is 1.96 bits per heavy atom. The molecule has 2 heterocycles. The van der Waals surface area contributed by atoms with Gasteiger partial charge in [-0.2, -0.15) is 5.26 Å². The van der Waals surface area contributed by atoms with E-state index in [9.17, 15) is 9.18 Å². The molecule has 0 unspecified atom stereocenters. The molecule has 7 heteroatoms. The Balaban J connectivity index is 1.42. The lowest BCUT2D eigenvalue weighted by Gasteiger charge is -2.33. The van der Waals surface area contributed by atoms with Gasteiger partial charge in [-0.25, -0.2) is 4.39 Å². The monoisotopic (exact) mass is 367 g/mol. The molecule has 0 atom stereocenters. The average molecular weight is 367 g/mol. The maximum Gasteiger partial charge on any atom is 0.223 e. The van der Waals surface area contributed by atoms with Gasteiger partial charge in [0.1, 0.15) is 5.82 Å². The van der Waals surface area contributed by atoms with Gasteiger partial charge in [0.15, 0.2) is 0 Å². The molecular weight excluding hydrogens is 345 g/mol. The van der Waals surface area contributed by atoms with Gasteiger partial charge < -0.3 is 15.5 Å². The second-order valence-corrected chi connectivity index (χ2v) is 6.49. The van der Waals surface area contributed by atoms with Crippen molar-refractivity contribution in [3.05, 3.63) is 54.1 Å². The molecule has 1 aromatic heterocycles. The summed E-state index contributed by atoms with van der Waals surface area (Å²) in [7, 11) is 0. The Bertz CT molecular complexity index is 813. The number of carbonyl (C=O) groups excluding carboxylic acids is 1. The molecule has 1 aromatic carbocycles. The van der Waals surface area contributed by atoms with E-state index in [2.05, 4.69) is 15.6 Å². The van der Waals surface area contributed by atoms with Crippen molar-refractivity contribution in [3.8, 4) is 6.07 Å². The third-order valence-electron chi connectivity index (χ3n) is 4.72. The summed E-state index contributed by atoms with van der Waals surface area (Å²) in [5.41, 5.74) is 1.78. The first-order valence-corrected chi connectivity index (χ1v) is 9.03. The lowest BCUT2D eigenvalue weighted by atomic mass is 9.95. The number of anilines is 2. The van der Waals surface area contributed by atoms with Gasteiger partial charge in [0.25, 0.3) is 0 Å². The maximum atomic E-state index is 14.1. The highest BCUT2D eigenvalue weighted by molar-refractivity contribution is 5.79. The number of aromatic nitrogens is 1. The van der Waals surface area contributed by atoms with Crippen molar-refractivity contribution in [1.29, 1.82) is 5.26 Å². The van der Waals surface area contributed by atoms with Gasteiger partial charge in [0.05, 0.1) is 17.3 Å². The number of nitrogens with one attached hydrogen (secondary N) is 2. The lowest BCUT2D eigenvalue weighted by molar-refractivity contribution is -0.125. The van der Waals surface area contributed by atoms with E-state index in [0.717, 1.165) is 5.69 Å². The number of carbonyl (C=O) groups is 1. The first kappa shape index (κ1) is 18.6. The molecule has 1 saturated heterocycles. The number of halogens is 1. The summed E-state index contributed by atoms with van der Waals surface area (Å²) in [5, 5.41) is 15.0. The second-order valence-electron chi connectivity index (χ2n) is 6.49. The highest BCUT2D eigenvalue weighted by Gasteiger charge is 2.26. The van der Waals surface area contributed by atoms with Crippen LogP contribution in [0.25, 0.3) is 0 Å². The summed E-state index contributed by atoms with van der Waals surface area (Å²) in [6.45, 7) is 2.43. The molecule has 6 nitrogen and oxygen atoms in total. The predicted molar refractivity (Wildman–Crippen MR) is 102 cm³/mol. The van der Waals surface area contributed by atoms with Crippen LogP contribution in [-0.2, 0) is 4.79 Å². The van der Waals surface area contributed by atoms with Crippen LogP contribution in [0.5, 0.6) is 0 Å². The predicted octanol–water partition coefficient (Wildman–Crippen LogP) is 2.54. The maximum absolute atomic E-state index is 14.1. The van der Waals surface area contributed by atoms with E-state index in [1.807, 2.05) is 23.1 Å². The second kappa shape index (κ2) is 8.99. The number of benzene rings is 1. The molecule has 27 heavy (non-hydrogen) atoms. The Labute approximate surface area is 158 Å². The Kier molecular flexibility index (Phi) is 6.21. The zero-order valence-corrected chi connectivity index (χ0v) is 15.0. The molecule has 2 N–H and O–H groups in total. The lowest BCUT2D eigenvalue weighted by Crippen LogP contribution is -2.41. The van der Waals surface area contributed by atoms with Crippen molar-refractivity contribution < 1.29 is 9.18 Å². The molecule has 0 spiro atoms. The molecule has 3 rings (SSSR count). The number of nitriles is 1. The minimum Gasteiger partial charge on any atom is -0.383 e. The van der Waals surface area contributed by atoms with Crippen LogP contribution in [0.3, 0.4) is 0 Å². The van der Waals surface area contributed by atoms with Crippen molar-refractivity contribution >= 4 is 17.3 Å². The number of pyridine rings is 1. The third kappa shape index (κ3) is 4.94.